The SMILES string of the molecule is N=C(N)c1cc(Sc2cc(F)ccc2F)ccn1. The van der Waals surface area contributed by atoms with Crippen molar-refractivity contribution in [3.05, 3.63) is 53.9 Å². The van der Waals surface area contributed by atoms with Gasteiger partial charge >= 0.3 is 0 Å². The summed E-state index contributed by atoms with van der Waals surface area (Å²) >= 11 is 1.05. The summed E-state index contributed by atoms with van der Waals surface area (Å²) in [6.45, 7) is 0. The number of hydrogen-bond acceptors (Lipinski definition) is 3. The molecule has 0 atom stereocenters. The Kier molecular flexibility index (Phi) is 3.57. The van der Waals surface area contributed by atoms with Crippen LogP contribution in [0.15, 0.2) is 46.3 Å². The molecule has 92 valence electrons. The van der Waals surface area contributed by atoms with Gasteiger partial charge in [-0.2, -0.15) is 0 Å². The molecule has 1 aromatic carbocycles. The highest BCUT2D eigenvalue weighted by atomic mass is 32.2. The molecule has 2 aromatic rings. The number of nitrogens with zero attached hydrogens (tertiary/aromatic N) is 1. The normalized spacial score (nSPS) is 10.3. The van der Waals surface area contributed by atoms with Crippen molar-refractivity contribution in [3.63, 3.8) is 0 Å². The molecule has 0 spiro atoms. The molecular weight excluding hydrogens is 256 g/mol. The van der Waals surface area contributed by atoms with Gasteiger partial charge in [-0.3, -0.25) is 10.4 Å². The first-order valence-corrected chi connectivity index (χ1v) is 5.81. The Hall–Kier alpha value is -1.95. The summed E-state index contributed by atoms with van der Waals surface area (Å²) in [4.78, 5) is 4.70. The van der Waals surface area contributed by atoms with E-state index in [4.69, 9.17) is 11.1 Å². The second kappa shape index (κ2) is 5.14. The highest BCUT2D eigenvalue weighted by Crippen LogP contribution is 2.30. The Morgan fingerprint density at radius 3 is 2.72 bits per heavy atom. The van der Waals surface area contributed by atoms with Crippen LogP contribution in [0.1, 0.15) is 5.69 Å². The predicted molar refractivity (Wildman–Crippen MR) is 65.7 cm³/mol. The molecule has 3 nitrogen and oxygen atoms in total. The van der Waals surface area contributed by atoms with Crippen LogP contribution in [-0.4, -0.2) is 10.8 Å². The molecule has 3 N–H and O–H groups in total. The zero-order chi connectivity index (χ0) is 13.1. The van der Waals surface area contributed by atoms with Gasteiger partial charge in [0, 0.05) is 11.1 Å². The number of nitrogens with one attached hydrogen (secondary N) is 1. The predicted octanol–water partition coefficient (Wildman–Crippen LogP) is 2.80. The minimum atomic E-state index is -0.500. The molecule has 0 saturated heterocycles. The van der Waals surface area contributed by atoms with Crippen molar-refractivity contribution in [2.75, 3.05) is 0 Å². The van der Waals surface area contributed by atoms with E-state index in [1.54, 1.807) is 12.1 Å². The summed E-state index contributed by atoms with van der Waals surface area (Å²) in [5.74, 6) is -1.17. The summed E-state index contributed by atoms with van der Waals surface area (Å²) in [5.41, 5.74) is 5.61. The van der Waals surface area contributed by atoms with E-state index >= 15 is 0 Å². The van der Waals surface area contributed by atoms with Gasteiger partial charge in [-0.15, -0.1) is 0 Å². The topological polar surface area (TPSA) is 62.8 Å². The third-order valence-corrected chi connectivity index (χ3v) is 3.15. The zero-order valence-electron chi connectivity index (χ0n) is 9.15. The van der Waals surface area contributed by atoms with E-state index in [0.29, 0.717) is 10.6 Å². The van der Waals surface area contributed by atoms with Crippen LogP contribution in [0, 0.1) is 17.0 Å². The van der Waals surface area contributed by atoms with Crippen LogP contribution in [0.5, 0.6) is 0 Å². The van der Waals surface area contributed by atoms with Gasteiger partial charge in [0.05, 0.1) is 4.90 Å². The van der Waals surface area contributed by atoms with Crippen LogP contribution in [0.3, 0.4) is 0 Å². The fraction of sp³-hybridized carbons (Fsp3) is 0. The van der Waals surface area contributed by atoms with Gasteiger partial charge in [-0.25, -0.2) is 8.78 Å². The Labute approximate surface area is 107 Å². The number of nitrogen functional groups attached to an aromatic ring is 1. The second-order valence-electron chi connectivity index (χ2n) is 3.47. The maximum Gasteiger partial charge on any atom is 0.141 e. The van der Waals surface area contributed by atoms with Gasteiger partial charge in [0.1, 0.15) is 23.2 Å². The third kappa shape index (κ3) is 2.84. The van der Waals surface area contributed by atoms with Gasteiger partial charge in [0.25, 0.3) is 0 Å². The van der Waals surface area contributed by atoms with Crippen molar-refractivity contribution in [1.82, 2.24) is 4.98 Å². The zero-order valence-corrected chi connectivity index (χ0v) is 9.97. The molecule has 0 amide bonds. The Balaban J connectivity index is 2.31. The smallest absolute Gasteiger partial charge is 0.141 e. The van der Waals surface area contributed by atoms with Crippen molar-refractivity contribution < 1.29 is 8.78 Å². The Morgan fingerprint density at radius 2 is 2.00 bits per heavy atom. The maximum atomic E-state index is 13.4. The first-order chi connectivity index (χ1) is 8.56. The summed E-state index contributed by atoms with van der Waals surface area (Å²) < 4.78 is 26.5. The number of nitrogens with two attached hydrogens (primary N) is 1. The molecule has 0 aliphatic carbocycles. The van der Waals surface area contributed by atoms with Crippen molar-refractivity contribution in [2.45, 2.75) is 9.79 Å². The third-order valence-electron chi connectivity index (χ3n) is 2.13. The molecule has 6 heteroatoms. The molecule has 0 aliphatic heterocycles. The number of rotatable bonds is 3. The molecule has 1 heterocycles. The molecule has 18 heavy (non-hydrogen) atoms. The van der Waals surface area contributed by atoms with E-state index in [1.807, 2.05) is 0 Å². The number of benzene rings is 1. The summed E-state index contributed by atoms with van der Waals surface area (Å²) in [6, 6.07) is 6.45. The van der Waals surface area contributed by atoms with E-state index in [-0.39, 0.29) is 10.7 Å². The Bertz CT molecular complexity index is 602. The van der Waals surface area contributed by atoms with Crippen molar-refractivity contribution in [1.29, 1.82) is 5.41 Å². The quantitative estimate of drug-likeness (QED) is 0.662. The fourth-order valence-corrected chi connectivity index (χ4v) is 2.19. The highest BCUT2D eigenvalue weighted by Gasteiger charge is 2.07. The number of aromatic nitrogens is 1. The molecule has 0 aliphatic rings. The molecular formula is C12H9F2N3S. The molecule has 0 fully saturated rings. The van der Waals surface area contributed by atoms with Gasteiger partial charge in [0.15, 0.2) is 0 Å². The maximum absolute atomic E-state index is 13.4. The molecule has 1 aromatic heterocycles. The number of halogens is 2. The summed E-state index contributed by atoms with van der Waals surface area (Å²) in [6.07, 6.45) is 1.47. The van der Waals surface area contributed by atoms with Crippen LogP contribution in [0.4, 0.5) is 8.78 Å². The fourth-order valence-electron chi connectivity index (χ4n) is 1.30. The van der Waals surface area contributed by atoms with Gasteiger partial charge in [0.2, 0.25) is 0 Å². The monoisotopic (exact) mass is 265 g/mol. The average molecular weight is 265 g/mol. The average Bonchev–Trinajstić information content (AvgIpc) is 2.34. The minimum absolute atomic E-state index is 0.169. The van der Waals surface area contributed by atoms with E-state index in [2.05, 4.69) is 4.98 Å². The lowest BCUT2D eigenvalue weighted by Gasteiger charge is -2.04. The van der Waals surface area contributed by atoms with E-state index in [0.717, 1.165) is 30.0 Å². The summed E-state index contributed by atoms with van der Waals surface area (Å²) in [7, 11) is 0. The lowest BCUT2D eigenvalue weighted by molar-refractivity contribution is 0.577. The van der Waals surface area contributed by atoms with Crippen LogP contribution in [0.25, 0.3) is 0 Å². The van der Waals surface area contributed by atoms with Gasteiger partial charge in [-0.1, -0.05) is 11.8 Å². The first-order valence-electron chi connectivity index (χ1n) is 4.99. The number of pyridine rings is 1. The van der Waals surface area contributed by atoms with E-state index in [1.165, 1.54) is 6.20 Å². The molecule has 0 bridgehead atoms. The molecule has 2 rings (SSSR count). The first kappa shape index (κ1) is 12.5. The van der Waals surface area contributed by atoms with Crippen molar-refractivity contribution in [2.24, 2.45) is 5.73 Å². The lowest BCUT2D eigenvalue weighted by atomic mass is 10.3. The van der Waals surface area contributed by atoms with Crippen LogP contribution < -0.4 is 5.73 Å². The van der Waals surface area contributed by atoms with Crippen molar-refractivity contribution >= 4 is 17.6 Å². The van der Waals surface area contributed by atoms with Gasteiger partial charge in [-0.05, 0) is 30.3 Å². The molecule has 0 saturated carbocycles. The second-order valence-corrected chi connectivity index (χ2v) is 4.58. The lowest BCUT2D eigenvalue weighted by Crippen LogP contribution is -2.12. The van der Waals surface area contributed by atoms with E-state index < -0.39 is 11.6 Å². The number of hydrogen-bond donors (Lipinski definition) is 2. The highest BCUT2D eigenvalue weighted by molar-refractivity contribution is 7.99. The Morgan fingerprint density at radius 1 is 1.22 bits per heavy atom. The largest absolute Gasteiger partial charge is 0.382 e. The van der Waals surface area contributed by atoms with Gasteiger partial charge < -0.3 is 5.73 Å². The number of amidine groups is 1. The standard InChI is InChI=1S/C12H9F2N3S/c13-7-1-2-9(14)11(5-7)18-8-3-4-17-10(6-8)12(15)16/h1-6H,(H3,15,16). The van der Waals surface area contributed by atoms with Crippen LogP contribution in [0.2, 0.25) is 0 Å². The molecule has 0 unspecified atom stereocenters. The molecule has 0 radical (unpaired) electrons. The summed E-state index contributed by atoms with van der Waals surface area (Å²) in [5, 5.41) is 7.26. The van der Waals surface area contributed by atoms with Crippen LogP contribution >= 0.6 is 11.8 Å². The van der Waals surface area contributed by atoms with E-state index in [9.17, 15) is 8.78 Å². The minimum Gasteiger partial charge on any atom is -0.382 e. The van der Waals surface area contributed by atoms with Crippen LogP contribution in [-0.2, 0) is 0 Å². The van der Waals surface area contributed by atoms with Crippen molar-refractivity contribution in [3.8, 4) is 0 Å².